The molecule has 1 saturated heterocycles. The van der Waals surface area contributed by atoms with Crippen molar-refractivity contribution in [2.24, 2.45) is 0 Å². The number of nitrogens with one attached hydrogen (secondary N) is 1. The molecule has 0 unspecified atom stereocenters. The van der Waals surface area contributed by atoms with Gasteiger partial charge in [-0.15, -0.1) is 11.3 Å². The van der Waals surface area contributed by atoms with Crippen LogP contribution in [0, 0.1) is 6.92 Å². The Labute approximate surface area is 257 Å². The van der Waals surface area contributed by atoms with Crippen molar-refractivity contribution in [3.05, 3.63) is 107 Å². The highest BCUT2D eigenvalue weighted by atomic mass is 32.2. The summed E-state index contributed by atoms with van der Waals surface area (Å²) in [5.41, 5.74) is 3.33. The Balaban J connectivity index is 1.11. The van der Waals surface area contributed by atoms with Gasteiger partial charge in [0.15, 0.2) is 14.5 Å². The summed E-state index contributed by atoms with van der Waals surface area (Å²) in [7, 11) is 0. The third kappa shape index (κ3) is 4.75. The van der Waals surface area contributed by atoms with E-state index in [-0.39, 0.29) is 22.5 Å². The molecule has 2 aromatic heterocycles. The molecule has 9 nitrogen and oxygen atoms in total. The molecule has 0 radical (unpaired) electrons. The second-order valence-electron chi connectivity index (χ2n) is 9.68. The SMILES string of the molecule is Cc1cccc(N2C(=O)/C(=C/c3ccc(Sc4nc5ccc(N6C(=O)c7ccccc7C6=O)cc5s4)o3)C(=O)NC2=S)c1. The molecule has 3 aromatic carbocycles. The van der Waals surface area contributed by atoms with Gasteiger partial charge in [-0.1, -0.05) is 24.3 Å². The lowest BCUT2D eigenvalue weighted by molar-refractivity contribution is -0.122. The van der Waals surface area contributed by atoms with Crippen LogP contribution in [0.25, 0.3) is 16.3 Å². The fraction of sp³-hybridized carbons (Fsp3) is 0.0323. The molecule has 4 amide bonds. The predicted molar refractivity (Wildman–Crippen MR) is 167 cm³/mol. The number of hydrogen-bond donors (Lipinski definition) is 1. The van der Waals surface area contributed by atoms with Crippen molar-refractivity contribution < 1.29 is 23.6 Å². The molecule has 0 bridgehead atoms. The summed E-state index contributed by atoms with van der Waals surface area (Å²) in [6, 6.07) is 22.6. The molecule has 210 valence electrons. The molecule has 2 aliphatic rings. The number of thiocarbonyl (C=S) groups is 1. The first-order chi connectivity index (χ1) is 20.8. The van der Waals surface area contributed by atoms with Gasteiger partial charge < -0.3 is 4.42 Å². The third-order valence-electron chi connectivity index (χ3n) is 6.84. The summed E-state index contributed by atoms with van der Waals surface area (Å²) in [5.74, 6) is -1.56. The molecule has 7 rings (SSSR count). The number of anilines is 2. The summed E-state index contributed by atoms with van der Waals surface area (Å²) >= 11 is 7.93. The number of carbonyl (C=O) groups excluding carboxylic acids is 4. The molecule has 2 aliphatic heterocycles. The Kier molecular flexibility index (Phi) is 6.53. The number of hydrogen-bond acceptors (Lipinski definition) is 9. The molecule has 5 aromatic rings. The summed E-state index contributed by atoms with van der Waals surface area (Å²) < 4.78 is 7.38. The molecule has 1 N–H and O–H groups in total. The lowest BCUT2D eigenvalue weighted by atomic mass is 10.1. The minimum absolute atomic E-state index is 0.00966. The number of amides is 4. The van der Waals surface area contributed by atoms with E-state index >= 15 is 0 Å². The van der Waals surface area contributed by atoms with E-state index in [2.05, 4.69) is 10.3 Å². The zero-order chi connectivity index (χ0) is 29.8. The molecule has 0 spiro atoms. The van der Waals surface area contributed by atoms with E-state index in [9.17, 15) is 19.2 Å². The van der Waals surface area contributed by atoms with E-state index in [4.69, 9.17) is 16.6 Å². The van der Waals surface area contributed by atoms with E-state index in [1.165, 1.54) is 39.0 Å². The quantitative estimate of drug-likeness (QED) is 0.110. The molecular weight excluding hydrogens is 605 g/mol. The van der Waals surface area contributed by atoms with Gasteiger partial charge in [-0.25, -0.2) is 9.88 Å². The Morgan fingerprint density at radius 2 is 1.60 bits per heavy atom. The van der Waals surface area contributed by atoms with Gasteiger partial charge in [0, 0.05) is 0 Å². The van der Waals surface area contributed by atoms with Crippen molar-refractivity contribution in [2.45, 2.75) is 16.4 Å². The monoisotopic (exact) mass is 622 g/mol. The van der Waals surface area contributed by atoms with Crippen LogP contribution in [0.1, 0.15) is 32.0 Å². The van der Waals surface area contributed by atoms with Crippen LogP contribution in [0.5, 0.6) is 0 Å². The van der Waals surface area contributed by atoms with Gasteiger partial charge in [-0.05, 0) is 97.1 Å². The number of aromatic nitrogens is 1. The summed E-state index contributed by atoms with van der Waals surface area (Å²) in [6.07, 6.45) is 1.39. The third-order valence-corrected chi connectivity index (χ3v) is 9.13. The fourth-order valence-corrected chi connectivity index (χ4v) is 7.14. The first-order valence-electron chi connectivity index (χ1n) is 12.9. The first-order valence-corrected chi connectivity index (χ1v) is 15.0. The minimum Gasteiger partial charge on any atom is -0.450 e. The number of imide groups is 1. The number of thiazole rings is 1. The summed E-state index contributed by atoms with van der Waals surface area (Å²) in [5, 5.41) is 3.08. The topological polar surface area (TPSA) is 113 Å². The highest BCUT2D eigenvalue weighted by molar-refractivity contribution is 8.01. The molecule has 0 atom stereocenters. The molecule has 0 aliphatic carbocycles. The van der Waals surface area contributed by atoms with Crippen molar-refractivity contribution >= 4 is 91.7 Å². The highest BCUT2D eigenvalue weighted by Crippen LogP contribution is 2.38. The van der Waals surface area contributed by atoms with Gasteiger partial charge >= 0.3 is 0 Å². The molecule has 12 heteroatoms. The number of carbonyl (C=O) groups is 4. The maximum atomic E-state index is 13.3. The number of fused-ring (bicyclic) bond motifs is 2. The number of rotatable bonds is 5. The lowest BCUT2D eigenvalue weighted by Crippen LogP contribution is -2.54. The maximum absolute atomic E-state index is 13.3. The van der Waals surface area contributed by atoms with E-state index in [0.717, 1.165) is 10.3 Å². The number of nitrogens with zero attached hydrogens (tertiary/aromatic N) is 3. The summed E-state index contributed by atoms with van der Waals surface area (Å²) in [6.45, 7) is 1.90. The minimum atomic E-state index is -0.607. The van der Waals surface area contributed by atoms with Crippen LogP contribution in [0.2, 0.25) is 0 Å². The van der Waals surface area contributed by atoms with Gasteiger partial charge in [-0.3, -0.25) is 29.4 Å². The van der Waals surface area contributed by atoms with Crippen LogP contribution in [0.3, 0.4) is 0 Å². The second-order valence-corrected chi connectivity index (χ2v) is 12.3. The molecule has 43 heavy (non-hydrogen) atoms. The van der Waals surface area contributed by atoms with Gasteiger partial charge in [0.2, 0.25) is 0 Å². The maximum Gasteiger partial charge on any atom is 0.270 e. The smallest absolute Gasteiger partial charge is 0.270 e. The van der Waals surface area contributed by atoms with Gasteiger partial charge in [0.05, 0.1) is 32.7 Å². The van der Waals surface area contributed by atoms with Crippen molar-refractivity contribution in [3.8, 4) is 0 Å². The van der Waals surface area contributed by atoms with Crippen molar-refractivity contribution in [2.75, 3.05) is 9.80 Å². The molecule has 4 heterocycles. The zero-order valence-electron chi connectivity index (χ0n) is 22.2. The number of furan rings is 1. The lowest BCUT2D eigenvalue weighted by Gasteiger charge is -2.28. The van der Waals surface area contributed by atoms with Gasteiger partial charge in [0.25, 0.3) is 23.6 Å². The van der Waals surface area contributed by atoms with Crippen LogP contribution in [0.4, 0.5) is 11.4 Å². The standard InChI is InChI=1S/C31H18N4O5S3/c1-16-5-4-6-17(13-16)35-29(39)22(26(36)33-30(35)41)15-19-10-12-25(40-19)43-31-32-23-11-9-18(14-24(23)42-31)34-27(37)20-7-2-3-8-21(20)28(34)38/h2-15H,1H3,(H,33,36,41)/b22-15+. The normalized spacial score (nSPS) is 16.0. The van der Waals surface area contributed by atoms with Crippen LogP contribution in [-0.2, 0) is 9.59 Å². The zero-order valence-corrected chi connectivity index (χ0v) is 24.6. The first kappa shape index (κ1) is 27.0. The summed E-state index contributed by atoms with van der Waals surface area (Å²) in [4.78, 5) is 58.9. The van der Waals surface area contributed by atoms with Crippen LogP contribution in [-0.4, -0.2) is 33.7 Å². The Morgan fingerprint density at radius 1 is 0.860 bits per heavy atom. The number of benzene rings is 3. The highest BCUT2D eigenvalue weighted by Gasteiger charge is 2.37. The second kappa shape index (κ2) is 10.4. The van der Waals surface area contributed by atoms with Gasteiger partial charge in [0.1, 0.15) is 11.3 Å². The van der Waals surface area contributed by atoms with Crippen molar-refractivity contribution in [3.63, 3.8) is 0 Å². The average Bonchev–Trinajstić information content (AvgIpc) is 3.67. The Morgan fingerprint density at radius 3 is 2.35 bits per heavy atom. The largest absolute Gasteiger partial charge is 0.450 e. The van der Waals surface area contributed by atoms with Crippen molar-refractivity contribution in [1.82, 2.24) is 10.3 Å². The van der Waals surface area contributed by atoms with E-state index in [1.54, 1.807) is 60.7 Å². The molecular formula is C31H18N4O5S3. The number of aryl methyl sites for hydroxylation is 1. The fourth-order valence-electron chi connectivity index (χ4n) is 4.85. The van der Waals surface area contributed by atoms with Crippen LogP contribution >= 0.6 is 35.3 Å². The molecule has 1 fully saturated rings. The van der Waals surface area contributed by atoms with Crippen LogP contribution in [0.15, 0.2) is 98.3 Å². The van der Waals surface area contributed by atoms with E-state index in [1.807, 2.05) is 25.1 Å². The van der Waals surface area contributed by atoms with Gasteiger partial charge in [-0.2, -0.15) is 0 Å². The average molecular weight is 623 g/mol. The van der Waals surface area contributed by atoms with Crippen LogP contribution < -0.4 is 15.1 Å². The Bertz CT molecular complexity index is 2040. The van der Waals surface area contributed by atoms with Crippen molar-refractivity contribution in [1.29, 1.82) is 0 Å². The predicted octanol–water partition coefficient (Wildman–Crippen LogP) is 5.98. The Hall–Kier alpha value is -4.91. The van der Waals surface area contributed by atoms with E-state index in [0.29, 0.717) is 43.2 Å². The molecule has 0 saturated carbocycles. The van der Waals surface area contributed by atoms with E-state index < -0.39 is 11.8 Å².